The van der Waals surface area contributed by atoms with Gasteiger partial charge in [0, 0.05) is 36.8 Å². The van der Waals surface area contributed by atoms with Crippen molar-refractivity contribution in [3.8, 4) is 0 Å². The molecule has 7 heteroatoms. The van der Waals surface area contributed by atoms with Crippen LogP contribution in [0.3, 0.4) is 0 Å². The van der Waals surface area contributed by atoms with Crippen LogP contribution in [0.25, 0.3) is 0 Å². The minimum atomic E-state index is -3.28. The summed E-state index contributed by atoms with van der Waals surface area (Å²) in [5.41, 5.74) is 1.77. The SMILES string of the molecule is Cc1cc(NC2CCN(S(=O)(=O)Cc3ccccc3)CC2)nc(C(C)C)n1. The Morgan fingerprint density at radius 3 is 2.44 bits per heavy atom. The molecule has 1 fully saturated rings. The second-order valence-corrected chi connectivity index (χ2v) is 9.44. The summed E-state index contributed by atoms with van der Waals surface area (Å²) in [6.07, 6.45) is 1.54. The summed E-state index contributed by atoms with van der Waals surface area (Å²) in [6, 6.07) is 11.5. The van der Waals surface area contributed by atoms with Crippen molar-refractivity contribution in [3.63, 3.8) is 0 Å². The lowest BCUT2D eigenvalue weighted by molar-refractivity contribution is 0.329. The van der Waals surface area contributed by atoms with Crippen molar-refractivity contribution in [2.75, 3.05) is 18.4 Å². The molecule has 1 saturated heterocycles. The quantitative estimate of drug-likeness (QED) is 0.822. The Labute approximate surface area is 162 Å². The van der Waals surface area contributed by atoms with Gasteiger partial charge in [-0.2, -0.15) is 0 Å². The van der Waals surface area contributed by atoms with E-state index in [0.717, 1.165) is 35.7 Å². The van der Waals surface area contributed by atoms with Gasteiger partial charge in [-0.1, -0.05) is 44.2 Å². The maximum Gasteiger partial charge on any atom is 0.218 e. The van der Waals surface area contributed by atoms with Crippen LogP contribution in [-0.2, 0) is 15.8 Å². The van der Waals surface area contributed by atoms with E-state index in [1.54, 1.807) is 4.31 Å². The lowest BCUT2D eigenvalue weighted by Crippen LogP contribution is -2.42. The predicted molar refractivity (Wildman–Crippen MR) is 108 cm³/mol. The van der Waals surface area contributed by atoms with Crippen LogP contribution in [0.4, 0.5) is 5.82 Å². The highest BCUT2D eigenvalue weighted by Crippen LogP contribution is 2.21. The molecule has 0 radical (unpaired) electrons. The number of piperidine rings is 1. The van der Waals surface area contributed by atoms with Gasteiger partial charge in [0.05, 0.1) is 5.75 Å². The molecule has 6 nitrogen and oxygen atoms in total. The molecule has 146 valence electrons. The fraction of sp³-hybridized carbons (Fsp3) is 0.500. The molecule has 1 aromatic carbocycles. The third-order valence-corrected chi connectivity index (χ3v) is 6.63. The summed E-state index contributed by atoms with van der Waals surface area (Å²) >= 11 is 0. The number of sulfonamides is 1. The first kappa shape index (κ1) is 19.8. The Balaban J connectivity index is 1.59. The van der Waals surface area contributed by atoms with Gasteiger partial charge in [-0.25, -0.2) is 22.7 Å². The number of benzene rings is 1. The number of hydrogen-bond donors (Lipinski definition) is 1. The third kappa shape index (κ3) is 5.26. The highest BCUT2D eigenvalue weighted by molar-refractivity contribution is 7.88. The summed E-state index contributed by atoms with van der Waals surface area (Å²) in [5.74, 6) is 2.00. The summed E-state index contributed by atoms with van der Waals surface area (Å²) in [6.45, 7) is 7.20. The number of hydrogen-bond acceptors (Lipinski definition) is 5. The molecule has 0 atom stereocenters. The fourth-order valence-electron chi connectivity index (χ4n) is 3.29. The Hall–Kier alpha value is -1.99. The molecular weight excluding hydrogens is 360 g/mol. The van der Waals surface area contributed by atoms with E-state index in [9.17, 15) is 8.42 Å². The van der Waals surface area contributed by atoms with Crippen molar-refractivity contribution < 1.29 is 8.42 Å². The van der Waals surface area contributed by atoms with E-state index in [4.69, 9.17) is 0 Å². The van der Waals surface area contributed by atoms with Crippen molar-refractivity contribution in [2.24, 2.45) is 0 Å². The summed E-state index contributed by atoms with van der Waals surface area (Å²) < 4.78 is 27.0. The van der Waals surface area contributed by atoms with Gasteiger partial charge in [0.2, 0.25) is 10.0 Å². The van der Waals surface area contributed by atoms with Crippen LogP contribution >= 0.6 is 0 Å². The Bertz CT molecular complexity index is 861. The Morgan fingerprint density at radius 2 is 1.81 bits per heavy atom. The lowest BCUT2D eigenvalue weighted by Gasteiger charge is -2.32. The molecule has 0 spiro atoms. The number of nitrogens with one attached hydrogen (secondary N) is 1. The fourth-order valence-corrected chi connectivity index (χ4v) is 4.85. The molecule has 2 heterocycles. The third-order valence-electron chi connectivity index (χ3n) is 4.78. The van der Waals surface area contributed by atoms with E-state index < -0.39 is 10.0 Å². The van der Waals surface area contributed by atoms with Crippen LogP contribution < -0.4 is 5.32 Å². The predicted octanol–water partition coefficient (Wildman–Crippen LogP) is 3.31. The second-order valence-electron chi connectivity index (χ2n) is 7.47. The van der Waals surface area contributed by atoms with Crippen LogP contribution in [0, 0.1) is 6.92 Å². The van der Waals surface area contributed by atoms with Crippen LogP contribution in [-0.4, -0.2) is 41.8 Å². The monoisotopic (exact) mass is 388 g/mol. The maximum absolute atomic E-state index is 12.7. The maximum atomic E-state index is 12.7. The highest BCUT2D eigenvalue weighted by atomic mass is 32.2. The number of anilines is 1. The summed E-state index contributed by atoms with van der Waals surface area (Å²) in [5, 5.41) is 3.47. The average molecular weight is 389 g/mol. The Kier molecular flexibility index (Phi) is 6.11. The van der Waals surface area contributed by atoms with E-state index in [0.29, 0.717) is 13.1 Å². The smallest absolute Gasteiger partial charge is 0.218 e. The van der Waals surface area contributed by atoms with E-state index in [1.807, 2.05) is 43.3 Å². The first-order valence-corrected chi connectivity index (χ1v) is 11.1. The topological polar surface area (TPSA) is 75.2 Å². The molecule has 0 aliphatic carbocycles. The van der Waals surface area contributed by atoms with Gasteiger partial charge >= 0.3 is 0 Å². The van der Waals surface area contributed by atoms with E-state index in [1.165, 1.54) is 0 Å². The minimum Gasteiger partial charge on any atom is -0.367 e. The largest absolute Gasteiger partial charge is 0.367 e. The molecule has 0 bridgehead atoms. The van der Waals surface area contributed by atoms with Crippen LogP contribution in [0.1, 0.15) is 49.7 Å². The first-order chi connectivity index (χ1) is 12.8. The van der Waals surface area contributed by atoms with Crippen molar-refractivity contribution in [1.29, 1.82) is 0 Å². The van der Waals surface area contributed by atoms with Gasteiger partial charge in [-0.05, 0) is 25.3 Å². The number of nitrogens with zero attached hydrogens (tertiary/aromatic N) is 3. The van der Waals surface area contributed by atoms with Gasteiger partial charge in [0.1, 0.15) is 11.6 Å². The van der Waals surface area contributed by atoms with Gasteiger partial charge < -0.3 is 5.32 Å². The number of aromatic nitrogens is 2. The van der Waals surface area contributed by atoms with Crippen LogP contribution in [0.2, 0.25) is 0 Å². The molecule has 0 amide bonds. The van der Waals surface area contributed by atoms with Crippen molar-refractivity contribution in [2.45, 2.75) is 51.3 Å². The molecule has 0 saturated carbocycles. The first-order valence-electron chi connectivity index (χ1n) is 9.47. The van der Waals surface area contributed by atoms with Gasteiger partial charge in [0.25, 0.3) is 0 Å². The van der Waals surface area contributed by atoms with Crippen molar-refractivity contribution in [3.05, 3.63) is 53.5 Å². The van der Waals surface area contributed by atoms with E-state index >= 15 is 0 Å². The summed E-state index contributed by atoms with van der Waals surface area (Å²) in [4.78, 5) is 9.07. The Morgan fingerprint density at radius 1 is 1.15 bits per heavy atom. The zero-order valence-corrected chi connectivity index (χ0v) is 17.0. The molecule has 1 aliphatic rings. The van der Waals surface area contributed by atoms with E-state index in [-0.39, 0.29) is 17.7 Å². The van der Waals surface area contributed by atoms with Gasteiger partial charge in [-0.15, -0.1) is 0 Å². The summed E-state index contributed by atoms with van der Waals surface area (Å²) in [7, 11) is -3.28. The number of rotatable bonds is 6. The standard InChI is InChI=1S/C20H28N4O2S/c1-15(2)20-21-16(3)13-19(23-20)22-18-9-11-24(12-10-18)27(25,26)14-17-7-5-4-6-8-17/h4-8,13,15,18H,9-12,14H2,1-3H3,(H,21,22,23). The molecule has 1 aliphatic heterocycles. The van der Waals surface area contributed by atoms with E-state index in [2.05, 4.69) is 29.1 Å². The molecule has 27 heavy (non-hydrogen) atoms. The van der Waals surface area contributed by atoms with Gasteiger partial charge in [-0.3, -0.25) is 0 Å². The minimum absolute atomic E-state index is 0.0643. The van der Waals surface area contributed by atoms with Crippen molar-refractivity contribution in [1.82, 2.24) is 14.3 Å². The molecule has 2 aromatic rings. The van der Waals surface area contributed by atoms with Crippen LogP contribution in [0.15, 0.2) is 36.4 Å². The van der Waals surface area contributed by atoms with Gasteiger partial charge in [0.15, 0.2) is 0 Å². The lowest BCUT2D eigenvalue weighted by atomic mass is 10.1. The zero-order chi connectivity index (χ0) is 19.4. The van der Waals surface area contributed by atoms with Crippen LogP contribution in [0.5, 0.6) is 0 Å². The zero-order valence-electron chi connectivity index (χ0n) is 16.2. The molecule has 3 rings (SSSR count). The number of aryl methyl sites for hydroxylation is 1. The highest BCUT2D eigenvalue weighted by Gasteiger charge is 2.28. The normalized spacial score (nSPS) is 16.6. The molecule has 1 aromatic heterocycles. The average Bonchev–Trinajstić information content (AvgIpc) is 2.62. The second kappa shape index (κ2) is 8.35. The van der Waals surface area contributed by atoms with Crippen molar-refractivity contribution >= 4 is 15.8 Å². The molecule has 0 unspecified atom stereocenters. The molecular formula is C20H28N4O2S. The molecule has 1 N–H and O–H groups in total.